The van der Waals surface area contributed by atoms with E-state index in [4.69, 9.17) is 16.7 Å². The number of carbonyl (C=O) groups is 5. The normalized spacial score (nSPS) is 12.7. The third-order valence-electron chi connectivity index (χ3n) is 5.76. The second-order valence-electron chi connectivity index (χ2n) is 7.97. The molecule has 0 aliphatic rings. The maximum absolute atomic E-state index is 13.3. The van der Waals surface area contributed by atoms with E-state index >= 15 is 0 Å². The summed E-state index contributed by atoms with van der Waals surface area (Å²) in [5.41, 5.74) is -1.07. The van der Waals surface area contributed by atoms with Crippen LogP contribution in [-0.4, -0.2) is 69.7 Å². The maximum Gasteiger partial charge on any atom is 0.331 e. The highest BCUT2D eigenvalue weighted by atomic mass is 35.5. The molecule has 0 spiro atoms. The number of carboxylic acid groups (broad SMARTS) is 2. The third-order valence-corrected chi connectivity index (χ3v) is 6.00. The summed E-state index contributed by atoms with van der Waals surface area (Å²) in [7, 11) is 0. The minimum atomic E-state index is -1.97. The van der Waals surface area contributed by atoms with E-state index in [9.17, 15) is 29.1 Å². The smallest absolute Gasteiger partial charge is 0.331 e. The van der Waals surface area contributed by atoms with E-state index < -0.39 is 29.7 Å². The fraction of sp³-hybridized carbons (Fsp3) is 0.542. The molecule has 1 aromatic rings. The SMILES string of the molecule is CCN(CC)[C@@](CCC(=O)O)(C(=O)O)C(=O)CCc1cc(Cl)ccc1C(=O)CCCNC(C)=O. The molecule has 0 bridgehead atoms. The van der Waals surface area contributed by atoms with Crippen LogP contribution in [0.2, 0.25) is 5.02 Å². The molecule has 1 atom stereocenters. The van der Waals surface area contributed by atoms with Gasteiger partial charge >= 0.3 is 11.9 Å². The van der Waals surface area contributed by atoms with Gasteiger partial charge in [-0.15, -0.1) is 0 Å². The summed E-state index contributed by atoms with van der Waals surface area (Å²) in [6.45, 7) is 5.68. The first-order valence-electron chi connectivity index (χ1n) is 11.3. The highest BCUT2D eigenvalue weighted by Gasteiger charge is 2.49. The van der Waals surface area contributed by atoms with Gasteiger partial charge < -0.3 is 15.5 Å². The summed E-state index contributed by atoms with van der Waals surface area (Å²) in [6, 6.07) is 4.72. The zero-order valence-electron chi connectivity index (χ0n) is 19.9. The van der Waals surface area contributed by atoms with Crippen LogP contribution in [0, 0.1) is 0 Å². The number of amides is 1. The number of rotatable bonds is 16. The van der Waals surface area contributed by atoms with E-state index in [0.717, 1.165) is 0 Å². The van der Waals surface area contributed by atoms with Crippen LogP contribution in [0.25, 0.3) is 0 Å². The molecule has 0 aromatic heterocycles. The van der Waals surface area contributed by atoms with Gasteiger partial charge in [0.1, 0.15) is 0 Å². The Balaban J connectivity index is 3.13. The second-order valence-corrected chi connectivity index (χ2v) is 8.40. The molecule has 34 heavy (non-hydrogen) atoms. The first-order valence-corrected chi connectivity index (χ1v) is 11.7. The average molecular weight is 497 g/mol. The number of hydrogen-bond donors (Lipinski definition) is 3. The third kappa shape index (κ3) is 7.92. The number of nitrogens with one attached hydrogen (secondary N) is 1. The average Bonchev–Trinajstić information content (AvgIpc) is 2.77. The molecule has 1 rings (SSSR count). The number of likely N-dealkylation sites (N-methyl/N-ethyl adjacent to an activating group) is 1. The summed E-state index contributed by atoms with van der Waals surface area (Å²) in [5.74, 6) is -3.55. The topological polar surface area (TPSA) is 141 Å². The Morgan fingerprint density at radius 1 is 1.03 bits per heavy atom. The van der Waals surface area contributed by atoms with Crippen LogP contribution < -0.4 is 5.32 Å². The largest absolute Gasteiger partial charge is 0.481 e. The van der Waals surface area contributed by atoms with Crippen LogP contribution in [0.4, 0.5) is 0 Å². The molecule has 9 nitrogen and oxygen atoms in total. The number of nitrogens with zero attached hydrogens (tertiary/aromatic N) is 1. The molecule has 10 heteroatoms. The molecular weight excluding hydrogens is 464 g/mol. The quantitative estimate of drug-likeness (QED) is 0.180. The van der Waals surface area contributed by atoms with Crippen molar-refractivity contribution in [3.63, 3.8) is 0 Å². The number of aliphatic carboxylic acids is 2. The number of Topliss-reactive ketones (excluding diaryl/α,β-unsaturated/α-hetero) is 2. The lowest BCUT2D eigenvalue weighted by atomic mass is 9.83. The fourth-order valence-electron chi connectivity index (χ4n) is 4.03. The molecule has 0 aliphatic carbocycles. The van der Waals surface area contributed by atoms with Crippen molar-refractivity contribution in [1.29, 1.82) is 0 Å². The second kappa shape index (κ2) is 13.8. The van der Waals surface area contributed by atoms with E-state index in [1.807, 2.05) is 0 Å². The zero-order chi connectivity index (χ0) is 25.9. The van der Waals surface area contributed by atoms with E-state index in [2.05, 4.69) is 5.32 Å². The summed E-state index contributed by atoms with van der Waals surface area (Å²) in [6.07, 6.45) is -0.324. The Morgan fingerprint density at radius 2 is 1.68 bits per heavy atom. The predicted molar refractivity (Wildman–Crippen MR) is 127 cm³/mol. The first kappa shape index (κ1) is 29.3. The fourth-order valence-corrected chi connectivity index (χ4v) is 4.23. The van der Waals surface area contributed by atoms with Crippen molar-refractivity contribution in [1.82, 2.24) is 10.2 Å². The van der Waals surface area contributed by atoms with Crippen molar-refractivity contribution in [2.24, 2.45) is 0 Å². The number of benzene rings is 1. The number of halogens is 1. The van der Waals surface area contributed by atoms with Crippen LogP contribution in [0.3, 0.4) is 0 Å². The Hall–Kier alpha value is -2.78. The van der Waals surface area contributed by atoms with E-state index in [1.54, 1.807) is 32.0 Å². The molecular formula is C24H33ClN2O7. The zero-order valence-corrected chi connectivity index (χ0v) is 20.6. The molecule has 188 valence electrons. The number of ketones is 2. The molecule has 1 amide bonds. The molecule has 0 unspecified atom stereocenters. The van der Waals surface area contributed by atoms with Crippen molar-refractivity contribution >= 4 is 41.0 Å². The summed E-state index contributed by atoms with van der Waals surface area (Å²) in [4.78, 5) is 62.0. The van der Waals surface area contributed by atoms with Gasteiger partial charge in [0.2, 0.25) is 5.91 Å². The molecule has 0 saturated carbocycles. The van der Waals surface area contributed by atoms with Crippen molar-refractivity contribution in [3.05, 3.63) is 34.3 Å². The van der Waals surface area contributed by atoms with E-state index in [-0.39, 0.29) is 50.5 Å². The van der Waals surface area contributed by atoms with Crippen LogP contribution in [0.15, 0.2) is 18.2 Å². The van der Waals surface area contributed by atoms with Gasteiger partial charge in [-0.3, -0.25) is 24.1 Å². The molecule has 0 saturated heterocycles. The molecule has 0 heterocycles. The molecule has 1 aromatic carbocycles. The lowest BCUT2D eigenvalue weighted by Crippen LogP contribution is -2.60. The first-order chi connectivity index (χ1) is 16.0. The number of carbonyl (C=O) groups excluding carboxylic acids is 3. The molecule has 0 fully saturated rings. The Bertz CT molecular complexity index is 915. The van der Waals surface area contributed by atoms with Gasteiger partial charge in [0.05, 0.1) is 0 Å². The van der Waals surface area contributed by atoms with Gasteiger partial charge in [0.25, 0.3) is 0 Å². The van der Waals surface area contributed by atoms with Gasteiger partial charge in [-0.25, -0.2) is 4.79 Å². The van der Waals surface area contributed by atoms with E-state index in [0.29, 0.717) is 29.1 Å². The molecule has 0 aliphatic heterocycles. The van der Waals surface area contributed by atoms with Gasteiger partial charge in [0.15, 0.2) is 17.1 Å². The Morgan fingerprint density at radius 3 is 2.21 bits per heavy atom. The van der Waals surface area contributed by atoms with Crippen molar-refractivity contribution in [3.8, 4) is 0 Å². The summed E-state index contributed by atoms with van der Waals surface area (Å²) >= 11 is 6.11. The predicted octanol–water partition coefficient (Wildman–Crippen LogP) is 2.97. The van der Waals surface area contributed by atoms with Gasteiger partial charge in [0, 0.05) is 43.3 Å². The molecule has 3 N–H and O–H groups in total. The monoisotopic (exact) mass is 496 g/mol. The highest BCUT2D eigenvalue weighted by Crippen LogP contribution is 2.27. The van der Waals surface area contributed by atoms with Crippen molar-refractivity contribution in [2.75, 3.05) is 19.6 Å². The van der Waals surface area contributed by atoms with Gasteiger partial charge in [-0.05, 0) is 56.1 Å². The van der Waals surface area contributed by atoms with Crippen molar-refractivity contribution in [2.45, 2.75) is 64.8 Å². The van der Waals surface area contributed by atoms with Crippen LogP contribution in [0.5, 0.6) is 0 Å². The van der Waals surface area contributed by atoms with Gasteiger partial charge in [-0.2, -0.15) is 0 Å². The number of hydrogen-bond acceptors (Lipinski definition) is 6. The highest BCUT2D eigenvalue weighted by molar-refractivity contribution is 6.30. The Labute approximate surface area is 204 Å². The summed E-state index contributed by atoms with van der Waals surface area (Å²) in [5, 5.41) is 22.1. The Kier molecular flexibility index (Phi) is 11.9. The lowest BCUT2D eigenvalue weighted by Gasteiger charge is -2.38. The number of aryl methyl sites for hydroxylation is 1. The summed E-state index contributed by atoms with van der Waals surface area (Å²) < 4.78 is 0. The minimum absolute atomic E-state index is 0.0789. The maximum atomic E-state index is 13.3. The van der Waals surface area contributed by atoms with Crippen LogP contribution in [0.1, 0.15) is 68.8 Å². The standard InChI is InChI=1S/C24H33ClN2O7/c1-4-27(5-2)24(23(33)34,13-12-22(31)32)21(30)11-8-17-15-18(25)9-10-19(17)20(29)7-6-14-26-16(3)28/h9-10,15H,4-8,11-14H2,1-3H3,(H,26,28)(H,31,32)(H,33,34)/t24-/m1/s1. The van der Waals surface area contributed by atoms with Crippen LogP contribution >= 0.6 is 11.6 Å². The van der Waals surface area contributed by atoms with Crippen LogP contribution in [-0.2, 0) is 25.6 Å². The van der Waals surface area contributed by atoms with E-state index in [1.165, 1.54) is 11.8 Å². The van der Waals surface area contributed by atoms with Gasteiger partial charge in [-0.1, -0.05) is 25.4 Å². The minimum Gasteiger partial charge on any atom is -0.481 e. The number of carboxylic acids is 2. The van der Waals surface area contributed by atoms with Crippen molar-refractivity contribution < 1.29 is 34.2 Å². The molecule has 0 radical (unpaired) electrons. The lowest BCUT2D eigenvalue weighted by molar-refractivity contribution is -0.159.